The van der Waals surface area contributed by atoms with Crippen LogP contribution in [0.3, 0.4) is 0 Å². The Morgan fingerprint density at radius 1 is 0.778 bits per heavy atom. The molecule has 1 aliphatic carbocycles. The van der Waals surface area contributed by atoms with Crippen molar-refractivity contribution in [3.63, 3.8) is 0 Å². The van der Waals surface area contributed by atoms with Crippen LogP contribution in [0.2, 0.25) is 0 Å². The molecule has 0 radical (unpaired) electrons. The van der Waals surface area contributed by atoms with Gasteiger partial charge in [-0.25, -0.2) is 4.79 Å². The van der Waals surface area contributed by atoms with E-state index >= 15 is 0 Å². The van der Waals surface area contributed by atoms with E-state index in [1.54, 1.807) is 36.4 Å². The molecule has 27 heavy (non-hydrogen) atoms. The highest BCUT2D eigenvalue weighted by Gasteiger charge is 2.29. The molecule has 7 heteroatoms. The summed E-state index contributed by atoms with van der Waals surface area (Å²) < 4.78 is 0. The molecule has 1 fully saturated rings. The van der Waals surface area contributed by atoms with Gasteiger partial charge in [-0.3, -0.25) is 9.59 Å². The van der Waals surface area contributed by atoms with E-state index in [0.29, 0.717) is 30.0 Å². The molecule has 140 valence electrons. The van der Waals surface area contributed by atoms with Crippen molar-refractivity contribution in [1.82, 2.24) is 10.6 Å². The molecule has 0 heterocycles. The average Bonchev–Trinajstić information content (AvgIpc) is 3.52. The van der Waals surface area contributed by atoms with Crippen LogP contribution >= 0.6 is 0 Å². The molecule has 0 unspecified atom stereocenters. The molecule has 2 aromatic rings. The molecule has 0 saturated heterocycles. The molecular formula is C20H22N4O3. The van der Waals surface area contributed by atoms with E-state index in [9.17, 15) is 14.4 Å². The topological polar surface area (TPSA) is 99.3 Å². The Bertz CT molecular complexity index is 802. The fraction of sp³-hybridized carbons (Fsp3) is 0.250. The Balaban J connectivity index is 1.36. The zero-order chi connectivity index (χ0) is 19.1. The Hall–Kier alpha value is -3.35. The van der Waals surface area contributed by atoms with E-state index in [0.717, 1.165) is 12.8 Å². The van der Waals surface area contributed by atoms with E-state index in [1.165, 1.54) is 0 Å². The summed E-state index contributed by atoms with van der Waals surface area (Å²) in [6, 6.07) is 15.5. The van der Waals surface area contributed by atoms with Crippen molar-refractivity contribution in [2.45, 2.75) is 12.8 Å². The van der Waals surface area contributed by atoms with E-state index in [1.807, 2.05) is 18.2 Å². The third-order valence-corrected chi connectivity index (χ3v) is 4.09. The van der Waals surface area contributed by atoms with Crippen LogP contribution in [0.4, 0.5) is 16.2 Å². The Labute approximate surface area is 157 Å². The van der Waals surface area contributed by atoms with Crippen LogP contribution in [0, 0.1) is 5.92 Å². The van der Waals surface area contributed by atoms with Crippen LogP contribution in [0.25, 0.3) is 0 Å². The van der Waals surface area contributed by atoms with Gasteiger partial charge < -0.3 is 21.3 Å². The minimum atomic E-state index is -0.328. The highest BCUT2D eigenvalue weighted by Crippen LogP contribution is 2.30. The van der Waals surface area contributed by atoms with Gasteiger partial charge in [0.15, 0.2) is 0 Å². The van der Waals surface area contributed by atoms with E-state index in [4.69, 9.17) is 0 Å². The number of rotatable bonds is 7. The number of benzene rings is 2. The smallest absolute Gasteiger partial charge is 0.319 e. The second-order valence-electron chi connectivity index (χ2n) is 6.34. The number of hydrogen-bond acceptors (Lipinski definition) is 3. The molecule has 1 saturated carbocycles. The molecule has 0 spiro atoms. The maximum atomic E-state index is 12.1. The fourth-order valence-corrected chi connectivity index (χ4v) is 2.45. The fourth-order valence-electron chi connectivity index (χ4n) is 2.45. The summed E-state index contributed by atoms with van der Waals surface area (Å²) in [6.45, 7) is 0.612. The molecule has 7 nitrogen and oxygen atoms in total. The first kappa shape index (κ1) is 18.4. The number of urea groups is 1. The number of hydrogen-bond donors (Lipinski definition) is 4. The first-order valence-electron chi connectivity index (χ1n) is 8.91. The number of para-hydroxylation sites is 1. The summed E-state index contributed by atoms with van der Waals surface area (Å²) in [4.78, 5) is 35.5. The first-order valence-corrected chi connectivity index (χ1v) is 8.91. The van der Waals surface area contributed by atoms with Crippen molar-refractivity contribution < 1.29 is 14.4 Å². The highest BCUT2D eigenvalue weighted by molar-refractivity contribution is 5.96. The summed E-state index contributed by atoms with van der Waals surface area (Å²) in [6.07, 6.45) is 1.90. The molecule has 0 bridgehead atoms. The predicted octanol–water partition coefficient (Wildman–Crippen LogP) is 2.59. The van der Waals surface area contributed by atoms with Crippen molar-refractivity contribution in [3.05, 3.63) is 60.2 Å². The van der Waals surface area contributed by atoms with Gasteiger partial charge >= 0.3 is 6.03 Å². The standard InChI is InChI=1S/C20H22N4O3/c25-18(14-8-10-17(11-9-14)23-19(26)15-6-7-15)21-12-13-22-20(27)24-16-4-2-1-3-5-16/h1-5,8-11,15H,6-7,12-13H2,(H,21,25)(H,23,26)(H2,22,24,27). The Morgan fingerprint density at radius 2 is 1.41 bits per heavy atom. The number of nitrogens with one attached hydrogen (secondary N) is 4. The SMILES string of the molecule is O=C(NCCNC(=O)c1ccc(NC(=O)C2CC2)cc1)Nc1ccccc1. The monoisotopic (exact) mass is 366 g/mol. The maximum Gasteiger partial charge on any atom is 0.319 e. The zero-order valence-corrected chi connectivity index (χ0v) is 14.8. The van der Waals surface area contributed by atoms with Crippen molar-refractivity contribution in [1.29, 1.82) is 0 Å². The minimum absolute atomic E-state index is 0.0343. The Kier molecular flexibility index (Phi) is 6.04. The number of carbonyl (C=O) groups excluding carboxylic acids is 3. The van der Waals surface area contributed by atoms with Gasteiger partial charge in [-0.1, -0.05) is 18.2 Å². The summed E-state index contributed by atoms with van der Waals surface area (Å²) in [5.74, 6) is -0.0630. The van der Waals surface area contributed by atoms with Crippen LogP contribution in [0.5, 0.6) is 0 Å². The number of amides is 4. The molecule has 2 aromatic carbocycles. The van der Waals surface area contributed by atoms with Crippen LogP contribution in [-0.4, -0.2) is 30.9 Å². The molecule has 4 N–H and O–H groups in total. The van der Waals surface area contributed by atoms with Crippen molar-refractivity contribution in [3.8, 4) is 0 Å². The second-order valence-corrected chi connectivity index (χ2v) is 6.34. The second kappa shape index (κ2) is 8.84. The molecule has 0 aromatic heterocycles. The summed E-state index contributed by atoms with van der Waals surface area (Å²) in [5, 5.41) is 10.9. The quantitative estimate of drug-likeness (QED) is 0.567. The number of anilines is 2. The maximum absolute atomic E-state index is 12.1. The van der Waals surface area contributed by atoms with Crippen molar-refractivity contribution >= 4 is 29.2 Å². The lowest BCUT2D eigenvalue weighted by Gasteiger charge is -2.09. The largest absolute Gasteiger partial charge is 0.350 e. The minimum Gasteiger partial charge on any atom is -0.350 e. The molecular weight excluding hydrogens is 344 g/mol. The normalized spacial score (nSPS) is 12.7. The molecule has 0 atom stereocenters. The van der Waals surface area contributed by atoms with Crippen LogP contribution in [-0.2, 0) is 4.79 Å². The molecule has 1 aliphatic rings. The Morgan fingerprint density at radius 3 is 2.07 bits per heavy atom. The first-order chi connectivity index (χ1) is 13.1. The third-order valence-electron chi connectivity index (χ3n) is 4.09. The lowest BCUT2D eigenvalue weighted by Crippen LogP contribution is -2.36. The third kappa shape index (κ3) is 5.85. The van der Waals surface area contributed by atoms with Gasteiger partial charge in [0.05, 0.1) is 0 Å². The van der Waals surface area contributed by atoms with Gasteiger partial charge in [0, 0.05) is 35.9 Å². The van der Waals surface area contributed by atoms with Crippen LogP contribution in [0.15, 0.2) is 54.6 Å². The lowest BCUT2D eigenvalue weighted by molar-refractivity contribution is -0.117. The summed E-state index contributed by atoms with van der Waals surface area (Å²) >= 11 is 0. The summed E-state index contributed by atoms with van der Waals surface area (Å²) in [7, 11) is 0. The van der Waals surface area contributed by atoms with E-state index < -0.39 is 0 Å². The van der Waals surface area contributed by atoms with Crippen molar-refractivity contribution in [2.24, 2.45) is 5.92 Å². The van der Waals surface area contributed by atoms with Crippen LogP contribution < -0.4 is 21.3 Å². The van der Waals surface area contributed by atoms with Gasteiger partial charge in [-0.15, -0.1) is 0 Å². The highest BCUT2D eigenvalue weighted by atomic mass is 16.2. The number of carbonyl (C=O) groups is 3. The zero-order valence-electron chi connectivity index (χ0n) is 14.8. The van der Waals surface area contributed by atoms with Gasteiger partial charge in [-0.05, 0) is 49.2 Å². The van der Waals surface area contributed by atoms with Gasteiger partial charge in [0.1, 0.15) is 0 Å². The van der Waals surface area contributed by atoms with E-state index in [2.05, 4.69) is 21.3 Å². The van der Waals surface area contributed by atoms with Crippen molar-refractivity contribution in [2.75, 3.05) is 23.7 Å². The molecule has 0 aliphatic heterocycles. The lowest BCUT2D eigenvalue weighted by atomic mass is 10.2. The molecule has 3 rings (SSSR count). The van der Waals surface area contributed by atoms with Gasteiger partial charge in [0.2, 0.25) is 5.91 Å². The summed E-state index contributed by atoms with van der Waals surface area (Å²) in [5.41, 5.74) is 1.88. The average molecular weight is 366 g/mol. The molecule has 4 amide bonds. The van der Waals surface area contributed by atoms with E-state index in [-0.39, 0.29) is 23.8 Å². The van der Waals surface area contributed by atoms with Gasteiger partial charge in [0.25, 0.3) is 5.91 Å². The van der Waals surface area contributed by atoms with Gasteiger partial charge in [-0.2, -0.15) is 0 Å². The predicted molar refractivity (Wildman–Crippen MR) is 104 cm³/mol. The van der Waals surface area contributed by atoms with Crippen LogP contribution in [0.1, 0.15) is 23.2 Å².